The Morgan fingerprint density at radius 3 is 3.06 bits per heavy atom. The first kappa shape index (κ1) is 12.7. The molecule has 1 unspecified atom stereocenters. The van der Waals surface area contributed by atoms with E-state index in [1.165, 1.54) is 6.07 Å². The van der Waals surface area contributed by atoms with Crippen molar-refractivity contribution in [2.24, 2.45) is 0 Å². The molecule has 1 aromatic rings. The molecule has 0 spiro atoms. The van der Waals surface area contributed by atoms with Crippen molar-refractivity contribution in [3.8, 4) is 0 Å². The number of carbonyl (C=O) groups is 1. The molecular formula is C12H13BrFNO2. The molecule has 1 aliphatic rings. The van der Waals surface area contributed by atoms with E-state index in [0.29, 0.717) is 30.7 Å². The first-order valence-electron chi connectivity index (χ1n) is 5.44. The standard InChI is InChI=1S/C12H13BrFNO2/c13-9-5-8(1-2-10(9)14)6-12(16)11-7-17-4-3-15-11/h1-2,5,11,15H,3-4,6-7H2. The highest BCUT2D eigenvalue weighted by molar-refractivity contribution is 9.10. The molecule has 1 fully saturated rings. The van der Waals surface area contributed by atoms with Crippen molar-refractivity contribution in [2.75, 3.05) is 19.8 Å². The molecule has 0 saturated carbocycles. The van der Waals surface area contributed by atoms with Crippen molar-refractivity contribution in [3.05, 3.63) is 34.1 Å². The highest BCUT2D eigenvalue weighted by Gasteiger charge is 2.21. The van der Waals surface area contributed by atoms with Gasteiger partial charge in [-0.25, -0.2) is 4.39 Å². The summed E-state index contributed by atoms with van der Waals surface area (Å²) >= 11 is 3.11. The summed E-state index contributed by atoms with van der Waals surface area (Å²) in [5.74, 6) is -0.247. The summed E-state index contributed by atoms with van der Waals surface area (Å²) in [6.07, 6.45) is 0.292. The molecule has 1 saturated heterocycles. The van der Waals surface area contributed by atoms with Gasteiger partial charge in [0.15, 0.2) is 5.78 Å². The van der Waals surface area contributed by atoms with E-state index >= 15 is 0 Å². The maximum atomic E-state index is 13.0. The minimum Gasteiger partial charge on any atom is -0.378 e. The zero-order chi connectivity index (χ0) is 12.3. The first-order valence-corrected chi connectivity index (χ1v) is 6.24. The van der Waals surface area contributed by atoms with Crippen molar-refractivity contribution in [3.63, 3.8) is 0 Å². The number of halogens is 2. The summed E-state index contributed by atoms with van der Waals surface area (Å²) in [5.41, 5.74) is 0.802. The minimum absolute atomic E-state index is 0.0724. The summed E-state index contributed by atoms with van der Waals surface area (Å²) in [5, 5.41) is 3.10. The van der Waals surface area contributed by atoms with Crippen molar-refractivity contribution < 1.29 is 13.9 Å². The zero-order valence-electron chi connectivity index (χ0n) is 9.21. The summed E-state index contributed by atoms with van der Waals surface area (Å²) < 4.78 is 18.6. The number of hydrogen-bond donors (Lipinski definition) is 1. The van der Waals surface area contributed by atoms with Gasteiger partial charge in [-0.2, -0.15) is 0 Å². The van der Waals surface area contributed by atoms with Crippen molar-refractivity contribution >= 4 is 21.7 Å². The van der Waals surface area contributed by atoms with Gasteiger partial charge >= 0.3 is 0 Å². The van der Waals surface area contributed by atoms with Gasteiger partial charge in [0.05, 0.1) is 23.7 Å². The Kier molecular flexibility index (Phi) is 4.25. The van der Waals surface area contributed by atoms with Gasteiger partial charge in [0.25, 0.3) is 0 Å². The molecule has 0 radical (unpaired) electrons. The van der Waals surface area contributed by atoms with Crippen molar-refractivity contribution in [2.45, 2.75) is 12.5 Å². The van der Waals surface area contributed by atoms with Crippen molar-refractivity contribution in [1.82, 2.24) is 5.32 Å². The molecule has 0 aliphatic carbocycles. The van der Waals surface area contributed by atoms with Crippen LogP contribution in [-0.4, -0.2) is 31.6 Å². The first-order chi connectivity index (χ1) is 8.16. The van der Waals surface area contributed by atoms with Crippen LogP contribution in [0.2, 0.25) is 0 Å². The number of benzene rings is 1. The van der Waals surface area contributed by atoms with E-state index in [2.05, 4.69) is 21.2 Å². The van der Waals surface area contributed by atoms with E-state index in [1.54, 1.807) is 12.1 Å². The van der Waals surface area contributed by atoms with Gasteiger partial charge in [-0.15, -0.1) is 0 Å². The van der Waals surface area contributed by atoms with E-state index < -0.39 is 0 Å². The fraction of sp³-hybridized carbons (Fsp3) is 0.417. The Morgan fingerprint density at radius 1 is 1.59 bits per heavy atom. The van der Waals surface area contributed by atoms with Gasteiger partial charge in [-0.3, -0.25) is 4.79 Å². The lowest BCUT2D eigenvalue weighted by Crippen LogP contribution is -2.47. The predicted octanol–water partition coefficient (Wildman–Crippen LogP) is 1.69. The van der Waals surface area contributed by atoms with Crippen LogP contribution in [0.1, 0.15) is 5.56 Å². The maximum Gasteiger partial charge on any atom is 0.156 e. The van der Waals surface area contributed by atoms with Crippen LogP contribution in [0, 0.1) is 5.82 Å². The topological polar surface area (TPSA) is 38.3 Å². The largest absolute Gasteiger partial charge is 0.378 e. The van der Waals surface area contributed by atoms with Gasteiger partial charge in [0, 0.05) is 13.0 Å². The van der Waals surface area contributed by atoms with Crippen LogP contribution < -0.4 is 5.32 Å². The molecule has 1 aliphatic heterocycles. The predicted molar refractivity (Wildman–Crippen MR) is 65.4 cm³/mol. The Hall–Kier alpha value is -0.780. The molecule has 0 aromatic heterocycles. The molecule has 3 nitrogen and oxygen atoms in total. The number of ether oxygens (including phenoxy) is 1. The van der Waals surface area contributed by atoms with Crippen molar-refractivity contribution in [1.29, 1.82) is 0 Å². The molecule has 1 aromatic carbocycles. The number of hydrogen-bond acceptors (Lipinski definition) is 3. The Labute approximate surface area is 107 Å². The van der Waals surface area contributed by atoms with Crippen LogP contribution in [0.3, 0.4) is 0 Å². The summed E-state index contributed by atoms with van der Waals surface area (Å²) in [6, 6.07) is 4.38. The van der Waals surface area contributed by atoms with E-state index in [1.807, 2.05) is 0 Å². The highest BCUT2D eigenvalue weighted by Crippen LogP contribution is 2.17. The molecular weight excluding hydrogens is 289 g/mol. The summed E-state index contributed by atoms with van der Waals surface area (Å²) in [6.45, 7) is 1.76. The average Bonchev–Trinajstić information content (AvgIpc) is 2.35. The van der Waals surface area contributed by atoms with E-state index in [0.717, 1.165) is 5.56 Å². The second kappa shape index (κ2) is 5.71. The van der Waals surface area contributed by atoms with Gasteiger partial charge in [0.1, 0.15) is 5.82 Å². The molecule has 1 N–H and O–H groups in total. The van der Waals surface area contributed by atoms with Crippen LogP contribution in [0.15, 0.2) is 22.7 Å². The molecule has 92 valence electrons. The van der Waals surface area contributed by atoms with Gasteiger partial charge in [0.2, 0.25) is 0 Å². The number of rotatable bonds is 3. The van der Waals surface area contributed by atoms with Gasteiger partial charge < -0.3 is 10.1 Å². The SMILES string of the molecule is O=C(Cc1ccc(F)c(Br)c1)C1COCCN1. The van der Waals surface area contributed by atoms with Crippen LogP contribution in [-0.2, 0) is 16.0 Å². The monoisotopic (exact) mass is 301 g/mol. The molecule has 0 amide bonds. The van der Waals surface area contributed by atoms with E-state index in [9.17, 15) is 9.18 Å². The summed E-state index contributed by atoms with van der Waals surface area (Å²) in [7, 11) is 0. The lowest BCUT2D eigenvalue weighted by molar-refractivity contribution is -0.123. The number of morpholine rings is 1. The van der Waals surface area contributed by atoms with Crippen LogP contribution in [0.25, 0.3) is 0 Å². The molecule has 1 heterocycles. The second-order valence-electron chi connectivity index (χ2n) is 3.97. The van der Waals surface area contributed by atoms with Crippen LogP contribution >= 0.6 is 15.9 Å². The molecule has 1 atom stereocenters. The molecule has 5 heteroatoms. The normalized spacial score (nSPS) is 20.2. The minimum atomic E-state index is -0.319. The van der Waals surface area contributed by atoms with Gasteiger partial charge in [-0.1, -0.05) is 6.07 Å². The average molecular weight is 302 g/mol. The fourth-order valence-corrected chi connectivity index (χ4v) is 2.17. The smallest absolute Gasteiger partial charge is 0.156 e. The lowest BCUT2D eigenvalue weighted by Gasteiger charge is -2.22. The van der Waals surface area contributed by atoms with E-state index in [4.69, 9.17) is 4.74 Å². The Morgan fingerprint density at radius 2 is 2.41 bits per heavy atom. The Bertz CT molecular complexity index is 419. The number of ketones is 1. The maximum absolute atomic E-state index is 13.0. The second-order valence-corrected chi connectivity index (χ2v) is 4.83. The number of carbonyl (C=O) groups excluding carboxylic acids is 1. The third-order valence-electron chi connectivity index (χ3n) is 2.67. The number of nitrogens with one attached hydrogen (secondary N) is 1. The summed E-state index contributed by atoms with van der Waals surface area (Å²) in [4.78, 5) is 11.9. The lowest BCUT2D eigenvalue weighted by atomic mass is 10.0. The van der Waals surface area contributed by atoms with Crippen LogP contribution in [0.4, 0.5) is 4.39 Å². The number of Topliss-reactive ketones (excluding diaryl/α,β-unsaturated/α-hetero) is 1. The third kappa shape index (κ3) is 3.34. The van der Waals surface area contributed by atoms with E-state index in [-0.39, 0.29) is 17.6 Å². The zero-order valence-corrected chi connectivity index (χ0v) is 10.8. The third-order valence-corrected chi connectivity index (χ3v) is 3.28. The molecule has 0 bridgehead atoms. The Balaban J connectivity index is 1.99. The highest BCUT2D eigenvalue weighted by atomic mass is 79.9. The molecule has 2 rings (SSSR count). The van der Waals surface area contributed by atoms with Crippen LogP contribution in [0.5, 0.6) is 0 Å². The quantitative estimate of drug-likeness (QED) is 0.923. The fourth-order valence-electron chi connectivity index (χ4n) is 1.75. The van der Waals surface area contributed by atoms with Gasteiger partial charge in [-0.05, 0) is 33.6 Å². The molecule has 17 heavy (non-hydrogen) atoms.